The molecular formula is C14H21NO. The Kier molecular flexibility index (Phi) is 3.31. The van der Waals surface area contributed by atoms with Gasteiger partial charge in [0.1, 0.15) is 0 Å². The Hall–Kier alpha value is -0.860. The number of nitrogens with zero attached hydrogens (tertiary/aromatic N) is 1. The maximum absolute atomic E-state index is 9.40. The molecule has 0 bridgehead atoms. The number of hydrogen-bond acceptors (Lipinski definition) is 2. The fourth-order valence-electron chi connectivity index (χ4n) is 2.70. The first-order chi connectivity index (χ1) is 7.63. The molecule has 2 rings (SSSR count). The zero-order valence-electron chi connectivity index (χ0n) is 10.2. The highest BCUT2D eigenvalue weighted by atomic mass is 16.3. The molecule has 0 saturated carbocycles. The largest absolute Gasteiger partial charge is 0.396 e. The molecule has 1 aliphatic rings. The van der Waals surface area contributed by atoms with Gasteiger partial charge in [0.15, 0.2) is 0 Å². The lowest BCUT2D eigenvalue weighted by Gasteiger charge is -2.23. The third-order valence-electron chi connectivity index (χ3n) is 3.61. The molecule has 1 N–H and O–H groups in total. The highest BCUT2D eigenvalue weighted by molar-refractivity contribution is 5.15. The van der Waals surface area contributed by atoms with Crippen LogP contribution < -0.4 is 0 Å². The van der Waals surface area contributed by atoms with Crippen LogP contribution in [0.3, 0.4) is 0 Å². The quantitative estimate of drug-likeness (QED) is 0.843. The lowest BCUT2D eigenvalue weighted by Crippen LogP contribution is -2.29. The van der Waals surface area contributed by atoms with Crippen molar-refractivity contribution in [3.8, 4) is 0 Å². The molecule has 0 radical (unpaired) electrons. The summed E-state index contributed by atoms with van der Waals surface area (Å²) < 4.78 is 0. The lowest BCUT2D eigenvalue weighted by atomic mass is 9.89. The van der Waals surface area contributed by atoms with E-state index < -0.39 is 0 Å². The molecule has 2 heteroatoms. The third-order valence-corrected chi connectivity index (χ3v) is 3.61. The number of benzene rings is 1. The van der Waals surface area contributed by atoms with Gasteiger partial charge in [-0.05, 0) is 18.9 Å². The van der Waals surface area contributed by atoms with E-state index in [0.717, 1.165) is 19.5 Å². The summed E-state index contributed by atoms with van der Waals surface area (Å²) in [5.41, 5.74) is 1.45. The zero-order chi connectivity index (χ0) is 11.6. The number of rotatable bonds is 3. The van der Waals surface area contributed by atoms with Crippen LogP contribution in [0.2, 0.25) is 0 Å². The van der Waals surface area contributed by atoms with Crippen molar-refractivity contribution in [3.63, 3.8) is 0 Å². The Morgan fingerprint density at radius 3 is 2.62 bits per heavy atom. The topological polar surface area (TPSA) is 23.5 Å². The number of hydrogen-bond donors (Lipinski definition) is 1. The zero-order valence-corrected chi connectivity index (χ0v) is 10.2. The number of aliphatic hydroxyl groups excluding tert-OH is 1. The molecule has 1 heterocycles. The average molecular weight is 219 g/mol. The predicted molar refractivity (Wildman–Crippen MR) is 66.1 cm³/mol. The van der Waals surface area contributed by atoms with Crippen LogP contribution in [0.1, 0.15) is 25.8 Å². The van der Waals surface area contributed by atoms with E-state index in [1.54, 1.807) is 0 Å². The molecule has 88 valence electrons. The molecule has 0 spiro atoms. The van der Waals surface area contributed by atoms with Gasteiger partial charge in [-0.25, -0.2) is 0 Å². The van der Waals surface area contributed by atoms with Crippen LogP contribution in [0.15, 0.2) is 30.3 Å². The standard InChI is InChI=1S/C14H21NO/c1-12-8-14(2,11-16)10-15(12)9-13-6-4-3-5-7-13/h3-7,12,16H,8-11H2,1-2H3. The molecule has 0 amide bonds. The second kappa shape index (κ2) is 4.56. The van der Waals surface area contributed by atoms with Gasteiger partial charge >= 0.3 is 0 Å². The summed E-state index contributed by atoms with van der Waals surface area (Å²) in [4.78, 5) is 2.46. The van der Waals surface area contributed by atoms with E-state index in [2.05, 4.69) is 49.1 Å². The minimum atomic E-state index is 0.0915. The van der Waals surface area contributed by atoms with Crippen molar-refractivity contribution < 1.29 is 5.11 Å². The van der Waals surface area contributed by atoms with Crippen LogP contribution in [0.4, 0.5) is 0 Å². The summed E-state index contributed by atoms with van der Waals surface area (Å²) in [6.07, 6.45) is 1.09. The van der Waals surface area contributed by atoms with Crippen molar-refractivity contribution in [3.05, 3.63) is 35.9 Å². The van der Waals surface area contributed by atoms with Gasteiger partial charge in [-0.2, -0.15) is 0 Å². The Balaban J connectivity index is 2.02. The summed E-state index contributed by atoms with van der Waals surface area (Å²) in [7, 11) is 0. The first kappa shape index (κ1) is 11.6. The second-order valence-corrected chi connectivity index (χ2v) is 5.41. The van der Waals surface area contributed by atoms with E-state index in [-0.39, 0.29) is 5.41 Å². The maximum Gasteiger partial charge on any atom is 0.0497 e. The SMILES string of the molecule is CC1CC(C)(CO)CN1Cc1ccccc1. The van der Waals surface area contributed by atoms with Gasteiger partial charge in [-0.15, -0.1) is 0 Å². The monoisotopic (exact) mass is 219 g/mol. The fraction of sp³-hybridized carbons (Fsp3) is 0.571. The average Bonchev–Trinajstić information content (AvgIpc) is 2.57. The summed E-state index contributed by atoms with van der Waals surface area (Å²) in [5, 5.41) is 9.40. The van der Waals surface area contributed by atoms with Crippen LogP contribution in [-0.4, -0.2) is 29.2 Å². The van der Waals surface area contributed by atoms with Crippen molar-refractivity contribution in [2.24, 2.45) is 5.41 Å². The molecule has 1 saturated heterocycles. The summed E-state index contributed by atoms with van der Waals surface area (Å²) in [6.45, 7) is 6.72. The number of aliphatic hydroxyl groups is 1. The Morgan fingerprint density at radius 2 is 2.06 bits per heavy atom. The number of likely N-dealkylation sites (tertiary alicyclic amines) is 1. The van der Waals surface area contributed by atoms with Gasteiger partial charge in [0.2, 0.25) is 0 Å². The van der Waals surface area contributed by atoms with E-state index in [1.165, 1.54) is 5.56 Å². The van der Waals surface area contributed by atoms with Gasteiger partial charge in [0, 0.05) is 31.2 Å². The Morgan fingerprint density at radius 1 is 1.38 bits per heavy atom. The fourth-order valence-corrected chi connectivity index (χ4v) is 2.70. The van der Waals surface area contributed by atoms with Crippen molar-refractivity contribution >= 4 is 0 Å². The first-order valence-electron chi connectivity index (χ1n) is 6.02. The molecule has 1 aromatic carbocycles. The second-order valence-electron chi connectivity index (χ2n) is 5.41. The first-order valence-corrected chi connectivity index (χ1v) is 6.02. The van der Waals surface area contributed by atoms with Crippen LogP contribution >= 0.6 is 0 Å². The Labute approximate surface area is 97.9 Å². The van der Waals surface area contributed by atoms with Crippen molar-refractivity contribution in [1.29, 1.82) is 0 Å². The van der Waals surface area contributed by atoms with Gasteiger partial charge in [0.05, 0.1) is 0 Å². The van der Waals surface area contributed by atoms with Crippen molar-refractivity contribution in [2.45, 2.75) is 32.9 Å². The molecule has 2 nitrogen and oxygen atoms in total. The van der Waals surface area contributed by atoms with Crippen LogP contribution in [-0.2, 0) is 6.54 Å². The minimum absolute atomic E-state index is 0.0915. The maximum atomic E-state index is 9.40. The van der Waals surface area contributed by atoms with Crippen LogP contribution in [0.5, 0.6) is 0 Å². The molecule has 1 aromatic rings. The minimum Gasteiger partial charge on any atom is -0.396 e. The molecule has 1 aliphatic heterocycles. The Bertz CT molecular complexity index is 338. The van der Waals surface area contributed by atoms with Crippen LogP contribution in [0, 0.1) is 5.41 Å². The molecule has 16 heavy (non-hydrogen) atoms. The van der Waals surface area contributed by atoms with E-state index >= 15 is 0 Å². The molecule has 0 aromatic heterocycles. The molecular weight excluding hydrogens is 198 g/mol. The summed E-state index contributed by atoms with van der Waals surface area (Å²) in [6, 6.07) is 11.1. The van der Waals surface area contributed by atoms with Crippen molar-refractivity contribution in [1.82, 2.24) is 4.90 Å². The van der Waals surface area contributed by atoms with E-state index in [4.69, 9.17) is 0 Å². The van der Waals surface area contributed by atoms with Gasteiger partial charge in [-0.3, -0.25) is 4.90 Å². The van der Waals surface area contributed by atoms with Crippen LogP contribution in [0.25, 0.3) is 0 Å². The normalized spacial score (nSPS) is 30.8. The van der Waals surface area contributed by atoms with Crippen molar-refractivity contribution in [2.75, 3.05) is 13.2 Å². The highest BCUT2D eigenvalue weighted by Gasteiger charge is 2.37. The molecule has 0 aliphatic carbocycles. The van der Waals surface area contributed by atoms with Gasteiger partial charge in [0.25, 0.3) is 0 Å². The summed E-state index contributed by atoms with van der Waals surface area (Å²) in [5.74, 6) is 0. The van der Waals surface area contributed by atoms with E-state index in [9.17, 15) is 5.11 Å². The van der Waals surface area contributed by atoms with E-state index in [0.29, 0.717) is 12.6 Å². The summed E-state index contributed by atoms with van der Waals surface area (Å²) >= 11 is 0. The highest BCUT2D eigenvalue weighted by Crippen LogP contribution is 2.34. The van der Waals surface area contributed by atoms with Gasteiger partial charge in [-0.1, -0.05) is 37.3 Å². The smallest absolute Gasteiger partial charge is 0.0497 e. The lowest BCUT2D eigenvalue weighted by molar-refractivity contribution is 0.143. The van der Waals surface area contributed by atoms with E-state index in [1.807, 2.05) is 0 Å². The molecule has 2 atom stereocenters. The molecule has 2 unspecified atom stereocenters. The third kappa shape index (κ3) is 2.45. The predicted octanol–water partition coefficient (Wildman–Crippen LogP) is 2.28. The van der Waals surface area contributed by atoms with Gasteiger partial charge < -0.3 is 5.11 Å². The molecule has 1 fully saturated rings.